The van der Waals surface area contributed by atoms with Gasteiger partial charge in [0.25, 0.3) is 5.91 Å². The Morgan fingerprint density at radius 2 is 2.00 bits per heavy atom. The SMILES string of the molecule is O=C(c1ncccc1-c1cc(Cl)cnc1F)N(CCc1c[nH]c2ccc(F)cc12)CC1CC1. The number of nitrogens with one attached hydrogen (secondary N) is 1. The highest BCUT2D eigenvalue weighted by atomic mass is 35.5. The van der Waals surface area contributed by atoms with Crippen molar-refractivity contribution in [2.45, 2.75) is 19.3 Å². The van der Waals surface area contributed by atoms with Gasteiger partial charge in [0.05, 0.1) is 5.02 Å². The lowest BCUT2D eigenvalue weighted by Gasteiger charge is -2.23. The van der Waals surface area contributed by atoms with Crippen molar-refractivity contribution >= 4 is 28.4 Å². The number of H-pyrrole nitrogens is 1. The molecule has 1 N–H and O–H groups in total. The van der Waals surface area contributed by atoms with Crippen molar-refractivity contribution in [1.29, 1.82) is 0 Å². The summed E-state index contributed by atoms with van der Waals surface area (Å²) in [5.41, 5.74) is 2.43. The lowest BCUT2D eigenvalue weighted by molar-refractivity contribution is 0.0744. The van der Waals surface area contributed by atoms with Crippen LogP contribution in [0.2, 0.25) is 5.02 Å². The number of amides is 1. The number of aromatic amines is 1. The monoisotopic (exact) mass is 466 g/mol. The predicted molar refractivity (Wildman–Crippen MR) is 123 cm³/mol. The first-order valence-electron chi connectivity index (χ1n) is 10.8. The average Bonchev–Trinajstić information content (AvgIpc) is 3.56. The summed E-state index contributed by atoms with van der Waals surface area (Å²) in [6.07, 6.45) is 7.29. The third-order valence-electron chi connectivity index (χ3n) is 5.95. The van der Waals surface area contributed by atoms with E-state index in [1.54, 1.807) is 23.1 Å². The molecule has 1 amide bonds. The fraction of sp³-hybridized carbons (Fsp3) is 0.240. The molecule has 0 radical (unpaired) electrons. The standard InChI is InChI=1S/C25H21ClF2N4O/c26-17-10-21(24(28)31-13-17)19-2-1-8-29-23(19)25(33)32(14-15-3-4-15)9-7-16-12-30-22-6-5-18(27)11-20(16)22/h1-2,5-6,8,10-13,15,30H,3-4,7,9,14H2. The summed E-state index contributed by atoms with van der Waals surface area (Å²) in [5, 5.41) is 1.08. The van der Waals surface area contributed by atoms with Gasteiger partial charge in [-0.25, -0.2) is 9.37 Å². The Balaban J connectivity index is 1.44. The summed E-state index contributed by atoms with van der Waals surface area (Å²) in [5.74, 6) is -0.838. The Morgan fingerprint density at radius 1 is 1.15 bits per heavy atom. The number of aromatic nitrogens is 3. The van der Waals surface area contributed by atoms with E-state index in [2.05, 4.69) is 15.0 Å². The van der Waals surface area contributed by atoms with Crippen molar-refractivity contribution in [2.24, 2.45) is 5.92 Å². The number of hydrogen-bond acceptors (Lipinski definition) is 3. The molecule has 4 aromatic rings. The van der Waals surface area contributed by atoms with Gasteiger partial charge in [0.2, 0.25) is 5.95 Å². The zero-order valence-corrected chi connectivity index (χ0v) is 18.4. The molecule has 3 aromatic heterocycles. The highest BCUT2D eigenvalue weighted by Gasteiger charge is 2.29. The number of hydrogen-bond donors (Lipinski definition) is 1. The fourth-order valence-corrected chi connectivity index (χ4v) is 4.21. The Labute approximate surface area is 194 Å². The minimum absolute atomic E-state index is 0.137. The van der Waals surface area contributed by atoms with Crippen LogP contribution in [-0.2, 0) is 6.42 Å². The van der Waals surface area contributed by atoms with E-state index in [1.807, 2.05) is 6.20 Å². The highest BCUT2D eigenvalue weighted by molar-refractivity contribution is 6.30. The Morgan fingerprint density at radius 3 is 2.82 bits per heavy atom. The maximum absolute atomic E-state index is 14.5. The molecular formula is C25H21ClF2N4O. The van der Waals surface area contributed by atoms with Gasteiger partial charge in [-0.15, -0.1) is 0 Å². The van der Waals surface area contributed by atoms with Crippen LogP contribution in [0.25, 0.3) is 22.0 Å². The Kier molecular flexibility index (Phi) is 5.81. The summed E-state index contributed by atoms with van der Waals surface area (Å²) in [7, 11) is 0. The topological polar surface area (TPSA) is 61.9 Å². The minimum atomic E-state index is -0.712. The van der Waals surface area contributed by atoms with Crippen LogP contribution in [0.15, 0.2) is 55.0 Å². The summed E-state index contributed by atoms with van der Waals surface area (Å²) in [4.78, 5) is 26.5. The van der Waals surface area contributed by atoms with Crippen LogP contribution in [0.4, 0.5) is 8.78 Å². The van der Waals surface area contributed by atoms with E-state index in [9.17, 15) is 13.6 Å². The second kappa shape index (κ2) is 8.90. The molecule has 3 heterocycles. The molecule has 0 unspecified atom stereocenters. The molecule has 5 rings (SSSR count). The quantitative estimate of drug-likeness (QED) is 0.358. The summed E-state index contributed by atoms with van der Waals surface area (Å²) in [6.45, 7) is 1.03. The van der Waals surface area contributed by atoms with Gasteiger partial charge in [0, 0.05) is 53.7 Å². The maximum Gasteiger partial charge on any atom is 0.273 e. The second-order valence-corrected chi connectivity index (χ2v) is 8.78. The van der Waals surface area contributed by atoms with Gasteiger partial charge in [0.1, 0.15) is 11.5 Å². The van der Waals surface area contributed by atoms with Crippen molar-refractivity contribution in [3.63, 3.8) is 0 Å². The number of pyridine rings is 2. The lowest BCUT2D eigenvalue weighted by Crippen LogP contribution is -2.35. The molecule has 0 atom stereocenters. The molecule has 0 aliphatic heterocycles. The van der Waals surface area contributed by atoms with Crippen LogP contribution >= 0.6 is 11.6 Å². The average molecular weight is 467 g/mol. The van der Waals surface area contributed by atoms with E-state index in [-0.39, 0.29) is 28.0 Å². The molecule has 0 saturated heterocycles. The highest BCUT2D eigenvalue weighted by Crippen LogP contribution is 2.32. The zero-order valence-electron chi connectivity index (χ0n) is 17.7. The lowest BCUT2D eigenvalue weighted by atomic mass is 10.0. The molecule has 5 nitrogen and oxygen atoms in total. The molecule has 0 spiro atoms. The van der Waals surface area contributed by atoms with Crippen molar-refractivity contribution in [3.8, 4) is 11.1 Å². The van der Waals surface area contributed by atoms with Gasteiger partial charge >= 0.3 is 0 Å². The van der Waals surface area contributed by atoms with Gasteiger partial charge in [0.15, 0.2) is 0 Å². The van der Waals surface area contributed by atoms with E-state index >= 15 is 0 Å². The van der Waals surface area contributed by atoms with Crippen LogP contribution in [-0.4, -0.2) is 38.8 Å². The summed E-state index contributed by atoms with van der Waals surface area (Å²) >= 11 is 6.03. The van der Waals surface area contributed by atoms with Crippen molar-refractivity contribution in [2.75, 3.05) is 13.1 Å². The molecule has 33 heavy (non-hydrogen) atoms. The van der Waals surface area contributed by atoms with Crippen molar-refractivity contribution in [3.05, 3.63) is 83.0 Å². The van der Waals surface area contributed by atoms with E-state index in [1.165, 1.54) is 30.6 Å². The number of halogens is 3. The Hall–Kier alpha value is -3.32. The van der Waals surface area contributed by atoms with Crippen LogP contribution in [0, 0.1) is 17.7 Å². The third-order valence-corrected chi connectivity index (χ3v) is 6.16. The van der Waals surface area contributed by atoms with Crippen LogP contribution in [0.3, 0.4) is 0 Å². The minimum Gasteiger partial charge on any atom is -0.361 e. The van der Waals surface area contributed by atoms with E-state index in [0.29, 0.717) is 31.0 Å². The molecule has 1 aromatic carbocycles. The number of fused-ring (bicyclic) bond motifs is 1. The smallest absolute Gasteiger partial charge is 0.273 e. The predicted octanol–water partition coefficient (Wildman–Crippen LogP) is 5.65. The zero-order chi connectivity index (χ0) is 22.9. The molecule has 1 fully saturated rings. The summed E-state index contributed by atoms with van der Waals surface area (Å²) < 4.78 is 28.2. The first-order valence-corrected chi connectivity index (χ1v) is 11.2. The normalized spacial score (nSPS) is 13.4. The van der Waals surface area contributed by atoms with E-state index < -0.39 is 5.95 Å². The molecule has 0 bridgehead atoms. The maximum atomic E-state index is 14.5. The first-order chi connectivity index (χ1) is 16.0. The third kappa shape index (κ3) is 4.59. The number of carbonyl (C=O) groups is 1. The fourth-order valence-electron chi connectivity index (χ4n) is 4.06. The summed E-state index contributed by atoms with van der Waals surface area (Å²) in [6, 6.07) is 9.36. The number of nitrogens with zero attached hydrogens (tertiary/aromatic N) is 3. The number of rotatable bonds is 7. The van der Waals surface area contributed by atoms with Crippen LogP contribution in [0.1, 0.15) is 28.9 Å². The van der Waals surface area contributed by atoms with Gasteiger partial charge in [-0.1, -0.05) is 17.7 Å². The molecule has 1 saturated carbocycles. The van der Waals surface area contributed by atoms with Crippen LogP contribution in [0.5, 0.6) is 0 Å². The second-order valence-electron chi connectivity index (χ2n) is 8.34. The molecule has 168 valence electrons. The van der Waals surface area contributed by atoms with Gasteiger partial charge in [-0.3, -0.25) is 9.78 Å². The first kappa shape index (κ1) is 21.5. The number of carbonyl (C=O) groups excluding carboxylic acids is 1. The van der Waals surface area contributed by atoms with Gasteiger partial charge in [-0.2, -0.15) is 4.39 Å². The van der Waals surface area contributed by atoms with Gasteiger partial charge in [-0.05, 0) is 61.1 Å². The van der Waals surface area contributed by atoms with Crippen molar-refractivity contribution < 1.29 is 13.6 Å². The van der Waals surface area contributed by atoms with E-state index in [4.69, 9.17) is 11.6 Å². The van der Waals surface area contributed by atoms with Crippen LogP contribution < -0.4 is 0 Å². The molecule has 1 aliphatic rings. The van der Waals surface area contributed by atoms with Gasteiger partial charge < -0.3 is 9.88 Å². The van der Waals surface area contributed by atoms with E-state index in [0.717, 1.165) is 29.3 Å². The number of benzene rings is 1. The molecule has 1 aliphatic carbocycles. The Bertz CT molecular complexity index is 1340. The largest absolute Gasteiger partial charge is 0.361 e. The molecular weight excluding hydrogens is 446 g/mol. The molecule has 8 heteroatoms. The van der Waals surface area contributed by atoms with Crippen molar-refractivity contribution in [1.82, 2.24) is 19.9 Å².